The van der Waals surface area contributed by atoms with Gasteiger partial charge in [-0.3, -0.25) is 0 Å². The summed E-state index contributed by atoms with van der Waals surface area (Å²) in [6, 6.07) is 91.1. The van der Waals surface area contributed by atoms with Crippen LogP contribution in [0.2, 0.25) is 0 Å². The van der Waals surface area contributed by atoms with Crippen molar-refractivity contribution in [3.05, 3.63) is 271 Å². The summed E-state index contributed by atoms with van der Waals surface area (Å²) in [5, 5.41) is 4.69. The number of anilines is 3. The van der Waals surface area contributed by atoms with Gasteiger partial charge in [0.1, 0.15) is 11.2 Å². The van der Waals surface area contributed by atoms with Gasteiger partial charge in [-0.15, -0.1) is 0 Å². The van der Waals surface area contributed by atoms with Crippen molar-refractivity contribution in [2.45, 2.75) is 5.41 Å². The van der Waals surface area contributed by atoms with Crippen molar-refractivity contribution in [2.24, 2.45) is 0 Å². The number of hydrogen-bond donors (Lipinski definition) is 0. The van der Waals surface area contributed by atoms with Gasteiger partial charge in [-0.1, -0.05) is 212 Å². The minimum Gasteiger partial charge on any atom is -0.455 e. The summed E-state index contributed by atoms with van der Waals surface area (Å²) < 4.78 is 6.81. The monoisotopic (exact) mass is 851 g/mol. The predicted octanol–water partition coefficient (Wildman–Crippen LogP) is 17.6. The van der Waals surface area contributed by atoms with Crippen molar-refractivity contribution in [1.29, 1.82) is 0 Å². The van der Waals surface area contributed by atoms with E-state index in [0.717, 1.165) is 39.0 Å². The smallest absolute Gasteiger partial charge is 0.143 e. The fourth-order valence-corrected chi connectivity index (χ4v) is 11.7. The molecule has 0 radical (unpaired) electrons. The Labute approximate surface area is 389 Å². The average Bonchev–Trinajstić information content (AvgIpc) is 4.04. The molecule has 1 unspecified atom stereocenters. The number of hydrogen-bond acceptors (Lipinski definition) is 2. The average molecular weight is 852 g/mol. The third kappa shape index (κ3) is 5.45. The van der Waals surface area contributed by atoms with E-state index in [4.69, 9.17) is 4.42 Å². The maximum Gasteiger partial charge on any atom is 0.143 e. The summed E-state index contributed by atoms with van der Waals surface area (Å²) in [5.41, 5.74) is 22.1. The van der Waals surface area contributed by atoms with E-state index in [1.807, 2.05) is 0 Å². The molecule has 2 nitrogen and oxygen atoms in total. The molecule has 0 saturated carbocycles. The van der Waals surface area contributed by atoms with Crippen LogP contribution in [0.25, 0.3) is 88.3 Å². The van der Waals surface area contributed by atoms with Crippen LogP contribution in [0.15, 0.2) is 253 Å². The van der Waals surface area contributed by atoms with Gasteiger partial charge in [-0.2, -0.15) is 0 Å². The second-order valence-corrected chi connectivity index (χ2v) is 17.9. The Bertz CT molecular complexity index is 3820. The quantitative estimate of drug-likeness (QED) is 0.166. The molecule has 312 valence electrons. The topological polar surface area (TPSA) is 16.4 Å². The van der Waals surface area contributed by atoms with E-state index in [0.29, 0.717) is 0 Å². The lowest BCUT2D eigenvalue weighted by atomic mass is 9.70. The van der Waals surface area contributed by atoms with Crippen LogP contribution in [0, 0.1) is 0 Å². The number of rotatable bonds is 6. The summed E-state index contributed by atoms with van der Waals surface area (Å²) in [4.78, 5) is 2.42. The van der Waals surface area contributed by atoms with E-state index < -0.39 is 5.41 Å². The summed E-state index contributed by atoms with van der Waals surface area (Å²) in [5.74, 6) is 0. The zero-order valence-electron chi connectivity index (χ0n) is 36.5. The highest BCUT2D eigenvalue weighted by Gasteiger charge is 2.53. The first kappa shape index (κ1) is 37.6. The fraction of sp³-hybridized carbons (Fsp3) is 0.0154. The first-order valence-electron chi connectivity index (χ1n) is 23.2. The Kier molecular flexibility index (Phi) is 8.23. The molecule has 0 N–H and O–H groups in total. The third-order valence-electron chi connectivity index (χ3n) is 14.5. The highest BCUT2D eigenvalue weighted by Crippen LogP contribution is 2.65. The van der Waals surface area contributed by atoms with Gasteiger partial charge >= 0.3 is 0 Å². The lowest BCUT2D eigenvalue weighted by Gasteiger charge is -2.30. The van der Waals surface area contributed by atoms with Crippen LogP contribution in [0.5, 0.6) is 0 Å². The standard InChI is InChI=1S/C65H41NO/c1-3-16-42(17-4-1)44-30-34-46(35-31-44)66(47-36-32-45(33-37-47)43-18-5-2-6-19-43)60-41-39-49(48-20-7-8-21-50(48)60)52-25-15-28-58-62(52)54-23-9-12-26-56(54)65(58)57-27-13-10-24-55(57)63-59(65)40-38-53-51-22-11-14-29-61(51)67-64(53)63/h1-41H. The lowest BCUT2D eigenvalue weighted by Crippen LogP contribution is -2.25. The maximum absolute atomic E-state index is 6.81. The van der Waals surface area contributed by atoms with E-state index in [-0.39, 0.29) is 0 Å². The Balaban J connectivity index is 0.973. The van der Waals surface area contributed by atoms with Gasteiger partial charge < -0.3 is 9.32 Å². The minimum absolute atomic E-state index is 0.522. The molecule has 1 aromatic heterocycles. The highest BCUT2D eigenvalue weighted by atomic mass is 16.3. The van der Waals surface area contributed by atoms with Gasteiger partial charge in [0.2, 0.25) is 0 Å². The molecule has 0 bridgehead atoms. The Morgan fingerprint density at radius 3 is 1.43 bits per heavy atom. The first-order chi connectivity index (χ1) is 33.3. The van der Waals surface area contributed by atoms with Crippen LogP contribution in [0.1, 0.15) is 22.3 Å². The van der Waals surface area contributed by atoms with E-state index in [1.165, 1.54) is 88.7 Å². The van der Waals surface area contributed by atoms with Gasteiger partial charge in [-0.25, -0.2) is 0 Å². The summed E-state index contributed by atoms with van der Waals surface area (Å²) in [7, 11) is 0. The first-order valence-corrected chi connectivity index (χ1v) is 23.2. The Morgan fingerprint density at radius 1 is 0.284 bits per heavy atom. The highest BCUT2D eigenvalue weighted by molar-refractivity contribution is 6.14. The normalized spacial score (nSPS) is 14.3. The minimum atomic E-state index is -0.522. The van der Waals surface area contributed by atoms with Crippen LogP contribution >= 0.6 is 0 Å². The molecule has 2 aliphatic carbocycles. The molecule has 11 aromatic carbocycles. The summed E-state index contributed by atoms with van der Waals surface area (Å²) >= 11 is 0. The van der Waals surface area contributed by atoms with E-state index >= 15 is 0 Å². The molecule has 0 fully saturated rings. The molecule has 0 saturated heterocycles. The van der Waals surface area contributed by atoms with Crippen LogP contribution < -0.4 is 4.90 Å². The molecule has 1 spiro atoms. The molecule has 0 aliphatic heterocycles. The second-order valence-electron chi connectivity index (χ2n) is 17.9. The molecule has 1 heterocycles. The number of benzene rings is 11. The number of nitrogens with zero attached hydrogens (tertiary/aromatic N) is 1. The van der Waals surface area contributed by atoms with E-state index in [1.54, 1.807) is 0 Å². The molecule has 12 aromatic rings. The van der Waals surface area contributed by atoms with Crippen molar-refractivity contribution < 1.29 is 4.42 Å². The molecule has 2 heteroatoms. The molecular formula is C65H41NO. The maximum atomic E-state index is 6.81. The Morgan fingerprint density at radius 2 is 0.776 bits per heavy atom. The van der Waals surface area contributed by atoms with E-state index in [9.17, 15) is 0 Å². The third-order valence-corrected chi connectivity index (χ3v) is 14.5. The predicted molar refractivity (Wildman–Crippen MR) is 279 cm³/mol. The zero-order chi connectivity index (χ0) is 44.1. The van der Waals surface area contributed by atoms with Crippen LogP contribution in [0.3, 0.4) is 0 Å². The number of para-hydroxylation sites is 1. The second kappa shape index (κ2) is 14.7. The fourth-order valence-electron chi connectivity index (χ4n) is 11.7. The molecule has 67 heavy (non-hydrogen) atoms. The van der Waals surface area contributed by atoms with Crippen molar-refractivity contribution in [3.63, 3.8) is 0 Å². The lowest BCUT2D eigenvalue weighted by molar-refractivity contribution is 0.669. The molecule has 2 aliphatic rings. The van der Waals surface area contributed by atoms with Gasteiger partial charge in [0.05, 0.1) is 11.1 Å². The largest absolute Gasteiger partial charge is 0.455 e. The van der Waals surface area contributed by atoms with Crippen molar-refractivity contribution in [2.75, 3.05) is 4.90 Å². The van der Waals surface area contributed by atoms with Gasteiger partial charge in [0.15, 0.2) is 0 Å². The zero-order valence-corrected chi connectivity index (χ0v) is 36.5. The van der Waals surface area contributed by atoms with Crippen LogP contribution in [-0.4, -0.2) is 0 Å². The van der Waals surface area contributed by atoms with Gasteiger partial charge in [0, 0.05) is 33.1 Å². The summed E-state index contributed by atoms with van der Waals surface area (Å²) in [6.45, 7) is 0. The SMILES string of the molecule is c1ccc(-c2ccc(N(c3ccc(-c4ccccc4)cc3)c3ccc(-c4cccc5c4-c4ccccc4C54c5ccccc5-c5c4ccc4c5oc5ccccc54)c4ccccc34)cc2)cc1. The van der Waals surface area contributed by atoms with Crippen molar-refractivity contribution >= 4 is 49.8 Å². The van der Waals surface area contributed by atoms with Gasteiger partial charge in [0.25, 0.3) is 0 Å². The molecular weight excluding hydrogens is 811 g/mol. The molecule has 14 rings (SSSR count). The van der Waals surface area contributed by atoms with Gasteiger partial charge in [-0.05, 0) is 114 Å². The number of furan rings is 1. The van der Waals surface area contributed by atoms with Crippen LogP contribution in [0.4, 0.5) is 17.1 Å². The van der Waals surface area contributed by atoms with Crippen molar-refractivity contribution in [3.8, 4) is 55.6 Å². The van der Waals surface area contributed by atoms with E-state index in [2.05, 4.69) is 254 Å². The summed E-state index contributed by atoms with van der Waals surface area (Å²) in [6.07, 6.45) is 0. The van der Waals surface area contributed by atoms with Crippen LogP contribution in [-0.2, 0) is 5.41 Å². The van der Waals surface area contributed by atoms with Crippen molar-refractivity contribution in [1.82, 2.24) is 0 Å². The Hall–Kier alpha value is -8.72. The molecule has 0 amide bonds. The molecule has 1 atom stereocenters. The number of fused-ring (bicyclic) bond motifs is 15.